The van der Waals surface area contributed by atoms with Crippen molar-refractivity contribution in [2.75, 3.05) is 6.61 Å². The van der Waals surface area contributed by atoms with E-state index in [2.05, 4.69) is 15.5 Å². The summed E-state index contributed by atoms with van der Waals surface area (Å²) >= 11 is 0. The van der Waals surface area contributed by atoms with Crippen molar-refractivity contribution in [2.24, 2.45) is 0 Å². The predicted molar refractivity (Wildman–Crippen MR) is 90.9 cm³/mol. The molecule has 132 valence electrons. The highest BCUT2D eigenvalue weighted by atomic mass is 19.1. The lowest BCUT2D eigenvalue weighted by Crippen LogP contribution is -2.28. The van der Waals surface area contributed by atoms with Crippen LogP contribution in [0.25, 0.3) is 10.8 Å². The molecule has 0 unspecified atom stereocenters. The van der Waals surface area contributed by atoms with Crippen LogP contribution in [0.15, 0.2) is 53.3 Å². The molecule has 0 radical (unpaired) electrons. The van der Waals surface area contributed by atoms with Gasteiger partial charge in [0, 0.05) is 11.9 Å². The van der Waals surface area contributed by atoms with E-state index >= 15 is 0 Å². The summed E-state index contributed by atoms with van der Waals surface area (Å²) < 4.78 is 17.8. The van der Waals surface area contributed by atoms with Crippen LogP contribution in [0.4, 0.5) is 4.39 Å². The first-order chi connectivity index (χ1) is 12.5. The van der Waals surface area contributed by atoms with E-state index in [9.17, 15) is 18.8 Å². The molecule has 0 spiro atoms. The maximum absolute atomic E-state index is 12.8. The van der Waals surface area contributed by atoms with Crippen LogP contribution in [0, 0.1) is 5.82 Å². The molecule has 1 aromatic heterocycles. The van der Waals surface area contributed by atoms with Gasteiger partial charge in [0.15, 0.2) is 12.3 Å². The number of H-pyrrole nitrogens is 1. The summed E-state index contributed by atoms with van der Waals surface area (Å²) in [6, 6.07) is 12.1. The Labute approximate surface area is 146 Å². The number of nitrogens with one attached hydrogen (secondary N) is 2. The fourth-order valence-electron chi connectivity index (χ4n) is 2.32. The van der Waals surface area contributed by atoms with Crippen molar-refractivity contribution in [3.05, 3.63) is 76.0 Å². The minimum atomic E-state index is -0.825. The fourth-order valence-corrected chi connectivity index (χ4v) is 2.32. The number of amides is 1. The van der Waals surface area contributed by atoms with Gasteiger partial charge in [-0.2, -0.15) is 5.10 Å². The molecule has 0 aliphatic heterocycles. The highest BCUT2D eigenvalue weighted by Crippen LogP contribution is 2.13. The van der Waals surface area contributed by atoms with Crippen LogP contribution >= 0.6 is 0 Å². The zero-order valence-corrected chi connectivity index (χ0v) is 13.5. The number of hydrogen-bond acceptors (Lipinski definition) is 5. The van der Waals surface area contributed by atoms with E-state index in [1.165, 1.54) is 24.3 Å². The molecule has 1 amide bonds. The van der Waals surface area contributed by atoms with Crippen LogP contribution in [0.3, 0.4) is 0 Å². The van der Waals surface area contributed by atoms with Crippen LogP contribution in [0.5, 0.6) is 0 Å². The third-order valence-electron chi connectivity index (χ3n) is 3.63. The summed E-state index contributed by atoms with van der Waals surface area (Å²) in [6.45, 7) is -0.328. The molecule has 3 aromatic rings. The zero-order chi connectivity index (χ0) is 18.5. The summed E-state index contributed by atoms with van der Waals surface area (Å²) in [5, 5.41) is 9.13. The van der Waals surface area contributed by atoms with E-state index in [1.807, 2.05) is 0 Å². The number of halogens is 1. The van der Waals surface area contributed by atoms with Crippen molar-refractivity contribution in [2.45, 2.75) is 6.54 Å². The minimum absolute atomic E-state index is 0.0773. The Morgan fingerprint density at radius 3 is 2.50 bits per heavy atom. The molecule has 0 aliphatic rings. The molecule has 7 nitrogen and oxygen atoms in total. The summed E-state index contributed by atoms with van der Waals surface area (Å²) in [5.41, 5.74) is 0.208. The van der Waals surface area contributed by atoms with E-state index in [4.69, 9.17) is 4.74 Å². The summed E-state index contributed by atoms with van der Waals surface area (Å²) in [5.74, 6) is -1.71. The molecule has 0 saturated heterocycles. The number of nitrogens with zero attached hydrogens (tertiary/aromatic N) is 1. The Morgan fingerprint density at radius 2 is 1.77 bits per heavy atom. The second kappa shape index (κ2) is 7.56. The second-order valence-corrected chi connectivity index (χ2v) is 5.43. The van der Waals surface area contributed by atoms with Gasteiger partial charge in [-0.25, -0.2) is 14.3 Å². The third kappa shape index (κ3) is 3.92. The van der Waals surface area contributed by atoms with Crippen LogP contribution < -0.4 is 10.9 Å². The van der Waals surface area contributed by atoms with Crippen molar-refractivity contribution in [3.63, 3.8) is 0 Å². The normalized spacial score (nSPS) is 10.5. The quantitative estimate of drug-likeness (QED) is 0.676. The molecule has 2 N–H and O–H groups in total. The number of benzene rings is 2. The first-order valence-electron chi connectivity index (χ1n) is 7.70. The first kappa shape index (κ1) is 17.3. The summed E-state index contributed by atoms with van der Waals surface area (Å²) in [6.07, 6.45) is 0. The van der Waals surface area contributed by atoms with E-state index in [0.717, 1.165) is 0 Å². The molecule has 0 bridgehead atoms. The van der Waals surface area contributed by atoms with E-state index in [0.29, 0.717) is 16.3 Å². The van der Waals surface area contributed by atoms with Gasteiger partial charge in [-0.3, -0.25) is 9.59 Å². The molecule has 0 saturated carbocycles. The number of fused-ring (bicyclic) bond motifs is 1. The number of carbonyl (C=O) groups is 2. The van der Waals surface area contributed by atoms with Crippen LogP contribution in [0.1, 0.15) is 16.1 Å². The zero-order valence-electron chi connectivity index (χ0n) is 13.5. The lowest BCUT2D eigenvalue weighted by molar-refractivity contribution is -0.124. The van der Waals surface area contributed by atoms with Crippen molar-refractivity contribution < 1.29 is 18.7 Å². The van der Waals surface area contributed by atoms with Gasteiger partial charge in [0.25, 0.3) is 11.5 Å². The highest BCUT2D eigenvalue weighted by molar-refractivity contribution is 6.02. The Kier molecular flexibility index (Phi) is 5.02. The molecule has 2 aromatic carbocycles. The molecule has 26 heavy (non-hydrogen) atoms. The third-order valence-corrected chi connectivity index (χ3v) is 3.63. The number of ether oxygens (including phenoxy) is 1. The number of carbonyl (C=O) groups excluding carboxylic acids is 2. The van der Waals surface area contributed by atoms with Gasteiger partial charge in [-0.1, -0.05) is 30.3 Å². The fraction of sp³-hybridized carbons (Fsp3) is 0.111. The van der Waals surface area contributed by atoms with Crippen molar-refractivity contribution >= 4 is 22.6 Å². The van der Waals surface area contributed by atoms with Gasteiger partial charge in [0.2, 0.25) is 0 Å². The van der Waals surface area contributed by atoms with Gasteiger partial charge >= 0.3 is 5.97 Å². The smallest absolute Gasteiger partial charge is 0.359 e. The SMILES string of the molecule is O=C(COC(=O)c1n[nH]c(=O)c2ccccc12)NCc1ccc(F)cc1. The largest absolute Gasteiger partial charge is 0.451 e. The molecule has 0 aliphatic carbocycles. The lowest BCUT2D eigenvalue weighted by atomic mass is 10.1. The number of esters is 1. The highest BCUT2D eigenvalue weighted by Gasteiger charge is 2.16. The minimum Gasteiger partial charge on any atom is -0.451 e. The van der Waals surface area contributed by atoms with Crippen LogP contribution in [-0.4, -0.2) is 28.7 Å². The Bertz CT molecular complexity index is 1010. The Morgan fingerprint density at radius 1 is 1.08 bits per heavy atom. The van der Waals surface area contributed by atoms with E-state index < -0.39 is 24.0 Å². The number of aromatic nitrogens is 2. The maximum atomic E-state index is 12.8. The molecule has 0 fully saturated rings. The lowest BCUT2D eigenvalue weighted by Gasteiger charge is -2.07. The van der Waals surface area contributed by atoms with Gasteiger partial charge in [0.05, 0.1) is 5.39 Å². The summed E-state index contributed by atoms with van der Waals surface area (Å²) in [4.78, 5) is 35.7. The molecular weight excluding hydrogens is 341 g/mol. The second-order valence-electron chi connectivity index (χ2n) is 5.43. The standard InChI is InChI=1S/C18H14FN3O4/c19-12-7-5-11(6-8-12)9-20-15(23)10-26-18(25)16-13-3-1-2-4-14(13)17(24)22-21-16/h1-8H,9-10H2,(H,20,23)(H,22,24). The number of hydrogen-bond donors (Lipinski definition) is 2. The average molecular weight is 355 g/mol. The molecule has 0 atom stereocenters. The summed E-state index contributed by atoms with van der Waals surface area (Å²) in [7, 11) is 0. The average Bonchev–Trinajstić information content (AvgIpc) is 2.66. The van der Waals surface area contributed by atoms with Gasteiger partial charge in [-0.15, -0.1) is 0 Å². The monoisotopic (exact) mass is 355 g/mol. The van der Waals surface area contributed by atoms with Crippen molar-refractivity contribution in [1.82, 2.24) is 15.5 Å². The number of aromatic amines is 1. The Hall–Kier alpha value is -3.55. The van der Waals surface area contributed by atoms with Crippen molar-refractivity contribution in [1.29, 1.82) is 0 Å². The maximum Gasteiger partial charge on any atom is 0.359 e. The molecule has 8 heteroatoms. The van der Waals surface area contributed by atoms with Crippen LogP contribution in [0.2, 0.25) is 0 Å². The molecular formula is C18H14FN3O4. The molecule has 1 heterocycles. The van der Waals surface area contributed by atoms with E-state index in [1.54, 1.807) is 24.3 Å². The van der Waals surface area contributed by atoms with Gasteiger partial charge < -0.3 is 10.1 Å². The predicted octanol–water partition coefficient (Wildman–Crippen LogP) is 1.54. The molecule has 3 rings (SSSR count). The van der Waals surface area contributed by atoms with Gasteiger partial charge in [-0.05, 0) is 23.8 Å². The first-order valence-corrected chi connectivity index (χ1v) is 7.70. The number of rotatable bonds is 5. The van der Waals surface area contributed by atoms with Gasteiger partial charge in [0.1, 0.15) is 5.82 Å². The topological polar surface area (TPSA) is 101 Å². The van der Waals surface area contributed by atoms with Crippen LogP contribution in [-0.2, 0) is 16.1 Å². The Balaban J connectivity index is 1.60. The van der Waals surface area contributed by atoms with Crippen molar-refractivity contribution in [3.8, 4) is 0 Å². The van der Waals surface area contributed by atoms with E-state index in [-0.39, 0.29) is 18.1 Å².